The summed E-state index contributed by atoms with van der Waals surface area (Å²) < 4.78 is 0. The van der Waals surface area contributed by atoms with Gasteiger partial charge in [-0.1, -0.05) is 18.5 Å². The Morgan fingerprint density at radius 1 is 1.50 bits per heavy atom. The Bertz CT molecular complexity index is 475. The summed E-state index contributed by atoms with van der Waals surface area (Å²) in [6.07, 6.45) is 3.09. The number of aromatic carboxylic acids is 1. The number of rotatable bonds is 5. The quantitative estimate of drug-likeness (QED) is 0.874. The summed E-state index contributed by atoms with van der Waals surface area (Å²) in [6.45, 7) is 4.97. The number of halogens is 1. The second kappa shape index (κ2) is 6.90. The maximum absolute atomic E-state index is 11.2. The molecule has 0 spiro atoms. The third-order valence-corrected chi connectivity index (χ3v) is 3.85. The van der Waals surface area contributed by atoms with Crippen LogP contribution in [0.1, 0.15) is 36.7 Å². The zero-order chi connectivity index (χ0) is 14.5. The second-order valence-corrected chi connectivity index (χ2v) is 5.39. The molecule has 110 valence electrons. The molecule has 2 rings (SSSR count). The molecule has 5 nitrogen and oxygen atoms in total. The molecule has 0 bridgehead atoms. The Hall–Kier alpha value is -1.33. The van der Waals surface area contributed by atoms with Crippen molar-refractivity contribution in [3.05, 3.63) is 22.8 Å². The zero-order valence-corrected chi connectivity index (χ0v) is 12.4. The standard InChI is InChI=1S/C14H20ClN3O2/c1-2-9-18(10-5-7-16-8-6-10)12-4-3-11(15)13(17-12)14(19)20/h3-4,10,16H,2,5-9H2,1H3,(H,19,20). The lowest BCUT2D eigenvalue weighted by Gasteiger charge is -2.35. The fourth-order valence-electron chi connectivity index (χ4n) is 2.59. The van der Waals surface area contributed by atoms with Gasteiger partial charge in [-0.05, 0) is 44.5 Å². The fraction of sp³-hybridized carbons (Fsp3) is 0.571. The van der Waals surface area contributed by atoms with Crippen molar-refractivity contribution >= 4 is 23.4 Å². The third kappa shape index (κ3) is 3.41. The average molecular weight is 298 g/mol. The van der Waals surface area contributed by atoms with Gasteiger partial charge in [-0.2, -0.15) is 0 Å². The van der Waals surface area contributed by atoms with Crippen LogP contribution >= 0.6 is 11.6 Å². The molecule has 0 unspecified atom stereocenters. The lowest BCUT2D eigenvalue weighted by molar-refractivity contribution is 0.0690. The largest absolute Gasteiger partial charge is 0.476 e. The molecule has 2 heterocycles. The normalized spacial score (nSPS) is 16.1. The van der Waals surface area contributed by atoms with E-state index in [1.165, 1.54) is 0 Å². The summed E-state index contributed by atoms with van der Waals surface area (Å²) in [6, 6.07) is 3.84. The molecule has 0 aliphatic carbocycles. The molecular formula is C14H20ClN3O2. The molecule has 1 aromatic heterocycles. The van der Waals surface area contributed by atoms with E-state index in [2.05, 4.69) is 22.1 Å². The predicted octanol–water partition coefficient (Wildman–Crippen LogP) is 2.40. The number of carbonyl (C=O) groups is 1. The summed E-state index contributed by atoms with van der Waals surface area (Å²) in [7, 11) is 0. The molecule has 0 aromatic carbocycles. The minimum absolute atomic E-state index is 0.0702. The topological polar surface area (TPSA) is 65.5 Å². The Balaban J connectivity index is 2.28. The first kappa shape index (κ1) is 15.1. The molecule has 6 heteroatoms. The van der Waals surface area contributed by atoms with Gasteiger partial charge in [0.15, 0.2) is 5.69 Å². The maximum atomic E-state index is 11.2. The van der Waals surface area contributed by atoms with Gasteiger partial charge in [-0.15, -0.1) is 0 Å². The molecule has 0 atom stereocenters. The smallest absolute Gasteiger partial charge is 0.356 e. The van der Waals surface area contributed by atoms with Crippen molar-refractivity contribution in [2.24, 2.45) is 0 Å². The number of hydrogen-bond donors (Lipinski definition) is 2. The van der Waals surface area contributed by atoms with Crippen molar-refractivity contribution in [2.45, 2.75) is 32.2 Å². The van der Waals surface area contributed by atoms with Gasteiger partial charge < -0.3 is 15.3 Å². The van der Waals surface area contributed by atoms with Crippen molar-refractivity contribution in [1.29, 1.82) is 0 Å². The molecule has 20 heavy (non-hydrogen) atoms. The highest BCUT2D eigenvalue weighted by atomic mass is 35.5. The molecule has 2 N–H and O–H groups in total. The summed E-state index contributed by atoms with van der Waals surface area (Å²) in [5, 5.41) is 12.7. The molecule has 0 radical (unpaired) electrons. The molecule has 0 saturated carbocycles. The number of carboxylic acids is 1. The van der Waals surface area contributed by atoms with Crippen LogP contribution in [0.5, 0.6) is 0 Å². The molecule has 1 aliphatic heterocycles. The molecular weight excluding hydrogens is 278 g/mol. The van der Waals surface area contributed by atoms with E-state index in [-0.39, 0.29) is 10.7 Å². The van der Waals surface area contributed by atoms with E-state index in [9.17, 15) is 4.79 Å². The van der Waals surface area contributed by atoms with E-state index >= 15 is 0 Å². The van der Waals surface area contributed by atoms with Gasteiger partial charge in [0, 0.05) is 12.6 Å². The van der Waals surface area contributed by atoms with Crippen LogP contribution in [0.3, 0.4) is 0 Å². The first-order valence-corrected chi connectivity index (χ1v) is 7.38. The van der Waals surface area contributed by atoms with Crippen LogP contribution in [-0.2, 0) is 0 Å². The van der Waals surface area contributed by atoms with Crippen LogP contribution in [-0.4, -0.2) is 41.7 Å². The lowest BCUT2D eigenvalue weighted by atomic mass is 10.0. The Labute approximate surface area is 123 Å². The number of nitrogens with zero attached hydrogens (tertiary/aromatic N) is 2. The zero-order valence-electron chi connectivity index (χ0n) is 11.6. The molecule has 1 saturated heterocycles. The summed E-state index contributed by atoms with van der Waals surface area (Å²) in [5.74, 6) is -0.376. The van der Waals surface area contributed by atoms with Crippen LogP contribution in [0.25, 0.3) is 0 Å². The van der Waals surface area contributed by atoms with E-state index in [1.807, 2.05) is 6.07 Å². The van der Waals surface area contributed by atoms with Gasteiger partial charge >= 0.3 is 5.97 Å². The van der Waals surface area contributed by atoms with Gasteiger partial charge in [0.05, 0.1) is 5.02 Å². The maximum Gasteiger partial charge on any atom is 0.356 e. The fourth-order valence-corrected chi connectivity index (χ4v) is 2.77. The number of carboxylic acid groups (broad SMARTS) is 1. The highest BCUT2D eigenvalue weighted by molar-refractivity contribution is 6.33. The molecule has 1 fully saturated rings. The van der Waals surface area contributed by atoms with E-state index < -0.39 is 5.97 Å². The number of aromatic nitrogens is 1. The van der Waals surface area contributed by atoms with Crippen molar-refractivity contribution < 1.29 is 9.90 Å². The van der Waals surface area contributed by atoms with Gasteiger partial charge in [-0.3, -0.25) is 0 Å². The minimum atomic E-state index is -1.08. The van der Waals surface area contributed by atoms with Crippen LogP contribution < -0.4 is 10.2 Å². The van der Waals surface area contributed by atoms with Crippen LogP contribution in [0, 0.1) is 0 Å². The summed E-state index contributed by atoms with van der Waals surface area (Å²) in [4.78, 5) is 17.6. The van der Waals surface area contributed by atoms with Crippen LogP contribution in [0.4, 0.5) is 5.82 Å². The number of anilines is 1. The van der Waals surface area contributed by atoms with Crippen molar-refractivity contribution in [3.63, 3.8) is 0 Å². The van der Waals surface area contributed by atoms with Crippen molar-refractivity contribution in [3.8, 4) is 0 Å². The first-order chi connectivity index (χ1) is 9.63. The minimum Gasteiger partial charge on any atom is -0.476 e. The predicted molar refractivity (Wildman–Crippen MR) is 79.7 cm³/mol. The summed E-state index contributed by atoms with van der Waals surface area (Å²) in [5.41, 5.74) is -0.0702. The monoisotopic (exact) mass is 297 g/mol. The molecule has 1 aromatic rings. The van der Waals surface area contributed by atoms with Gasteiger partial charge in [-0.25, -0.2) is 9.78 Å². The van der Waals surface area contributed by atoms with Crippen molar-refractivity contribution in [2.75, 3.05) is 24.5 Å². The Morgan fingerprint density at radius 2 is 2.20 bits per heavy atom. The highest BCUT2D eigenvalue weighted by Crippen LogP contribution is 2.24. The van der Waals surface area contributed by atoms with Gasteiger partial charge in [0.2, 0.25) is 0 Å². The number of hydrogen-bond acceptors (Lipinski definition) is 4. The van der Waals surface area contributed by atoms with Crippen molar-refractivity contribution in [1.82, 2.24) is 10.3 Å². The van der Waals surface area contributed by atoms with E-state index in [4.69, 9.17) is 16.7 Å². The van der Waals surface area contributed by atoms with E-state index in [0.29, 0.717) is 11.9 Å². The Morgan fingerprint density at radius 3 is 2.80 bits per heavy atom. The molecule has 1 aliphatic rings. The SMILES string of the molecule is CCCN(c1ccc(Cl)c(C(=O)O)n1)C1CCNCC1. The lowest BCUT2D eigenvalue weighted by Crippen LogP contribution is -2.44. The average Bonchev–Trinajstić information content (AvgIpc) is 2.46. The number of pyridine rings is 1. The highest BCUT2D eigenvalue weighted by Gasteiger charge is 2.23. The number of nitrogens with one attached hydrogen (secondary N) is 1. The third-order valence-electron chi connectivity index (χ3n) is 3.54. The van der Waals surface area contributed by atoms with Gasteiger partial charge in [0.25, 0.3) is 0 Å². The van der Waals surface area contributed by atoms with E-state index in [1.54, 1.807) is 6.07 Å². The Kier molecular flexibility index (Phi) is 5.20. The van der Waals surface area contributed by atoms with E-state index in [0.717, 1.165) is 38.9 Å². The number of piperidine rings is 1. The molecule has 0 amide bonds. The van der Waals surface area contributed by atoms with Crippen LogP contribution in [0.15, 0.2) is 12.1 Å². The first-order valence-electron chi connectivity index (χ1n) is 7.00. The van der Waals surface area contributed by atoms with Crippen LogP contribution in [0.2, 0.25) is 5.02 Å². The summed E-state index contributed by atoms with van der Waals surface area (Å²) >= 11 is 5.89. The second-order valence-electron chi connectivity index (χ2n) is 4.98. The van der Waals surface area contributed by atoms with Gasteiger partial charge in [0.1, 0.15) is 5.82 Å².